The summed E-state index contributed by atoms with van der Waals surface area (Å²) in [6, 6.07) is 6.84. The number of rotatable bonds is 5. The van der Waals surface area contributed by atoms with Crippen LogP contribution in [0.2, 0.25) is 0 Å². The van der Waals surface area contributed by atoms with Crippen molar-refractivity contribution in [3.63, 3.8) is 0 Å². The summed E-state index contributed by atoms with van der Waals surface area (Å²) < 4.78 is 0. The van der Waals surface area contributed by atoms with Crippen molar-refractivity contribution >= 4 is 5.69 Å². The first-order valence-corrected chi connectivity index (χ1v) is 6.59. The minimum absolute atomic E-state index is 0.183. The summed E-state index contributed by atoms with van der Waals surface area (Å²) >= 11 is 0. The first kappa shape index (κ1) is 14.0. The third-order valence-corrected chi connectivity index (χ3v) is 3.96. The Morgan fingerprint density at radius 2 is 2.05 bits per heavy atom. The van der Waals surface area contributed by atoms with Gasteiger partial charge in [0.1, 0.15) is 0 Å². The summed E-state index contributed by atoms with van der Waals surface area (Å²) in [7, 11) is 0. The van der Waals surface area contributed by atoms with Crippen LogP contribution >= 0.6 is 0 Å². The molecule has 1 aliphatic heterocycles. The van der Waals surface area contributed by atoms with Crippen molar-refractivity contribution in [1.29, 1.82) is 0 Å². The molecule has 1 aromatic rings. The second kappa shape index (κ2) is 5.27. The lowest BCUT2D eigenvalue weighted by Crippen LogP contribution is -2.64. The molecule has 1 heterocycles. The molecule has 0 aromatic heterocycles. The third kappa shape index (κ3) is 2.93. The van der Waals surface area contributed by atoms with Gasteiger partial charge in [-0.1, -0.05) is 32.0 Å². The molecular formula is C14H20N2O3. The van der Waals surface area contributed by atoms with Crippen LogP contribution in [0.1, 0.15) is 19.4 Å². The van der Waals surface area contributed by atoms with E-state index >= 15 is 0 Å². The zero-order valence-electron chi connectivity index (χ0n) is 11.4. The highest BCUT2D eigenvalue weighted by Gasteiger charge is 2.43. The Kier molecular flexibility index (Phi) is 3.87. The van der Waals surface area contributed by atoms with E-state index in [1.807, 2.05) is 19.9 Å². The van der Waals surface area contributed by atoms with Gasteiger partial charge in [0.15, 0.2) is 0 Å². The molecule has 0 radical (unpaired) electrons. The molecule has 1 saturated heterocycles. The van der Waals surface area contributed by atoms with Crippen LogP contribution in [0.5, 0.6) is 0 Å². The first-order chi connectivity index (χ1) is 8.92. The van der Waals surface area contributed by atoms with E-state index in [2.05, 4.69) is 4.90 Å². The number of likely N-dealkylation sites (tertiary alicyclic amines) is 1. The van der Waals surface area contributed by atoms with Crippen LogP contribution in [-0.2, 0) is 6.42 Å². The normalized spacial score (nSPS) is 18.3. The lowest BCUT2D eigenvalue weighted by molar-refractivity contribution is -0.385. The molecule has 0 aliphatic carbocycles. The predicted molar refractivity (Wildman–Crippen MR) is 73.0 cm³/mol. The van der Waals surface area contributed by atoms with E-state index in [1.165, 1.54) is 6.07 Å². The van der Waals surface area contributed by atoms with Gasteiger partial charge in [-0.3, -0.25) is 15.0 Å². The number of benzene rings is 1. The fraction of sp³-hybridized carbons (Fsp3) is 0.571. The van der Waals surface area contributed by atoms with Crippen LogP contribution in [0, 0.1) is 16.0 Å². The molecule has 1 aliphatic rings. The Balaban J connectivity index is 1.90. The number of para-hydroxylation sites is 1. The number of β-amino-alcohol motifs (C(OH)–C–C–N with tert-alkyl or cyclic N) is 1. The van der Waals surface area contributed by atoms with Crippen molar-refractivity contribution in [2.24, 2.45) is 5.92 Å². The maximum atomic E-state index is 10.9. The Hall–Kier alpha value is -1.46. The topological polar surface area (TPSA) is 66.6 Å². The number of nitrogens with zero attached hydrogens (tertiary/aromatic N) is 2. The molecule has 104 valence electrons. The van der Waals surface area contributed by atoms with Crippen LogP contribution in [0.4, 0.5) is 5.69 Å². The number of nitro benzene ring substituents is 1. The van der Waals surface area contributed by atoms with Crippen molar-refractivity contribution < 1.29 is 10.0 Å². The van der Waals surface area contributed by atoms with Gasteiger partial charge in [0.05, 0.1) is 10.5 Å². The van der Waals surface area contributed by atoms with Gasteiger partial charge in [0, 0.05) is 31.3 Å². The number of hydrogen-bond donors (Lipinski definition) is 1. The second-order valence-electron chi connectivity index (χ2n) is 5.60. The van der Waals surface area contributed by atoms with Gasteiger partial charge in [-0.05, 0) is 12.3 Å². The number of aliphatic hydroxyl groups is 1. The molecule has 0 atom stereocenters. The standard InChI is InChI=1S/C14H20N2O3/c1-11(2)14(17)9-15(10-14)8-7-12-5-3-4-6-13(12)16(18)19/h3-6,11,17H,7-10H2,1-2H3. The van der Waals surface area contributed by atoms with Gasteiger partial charge in [-0.25, -0.2) is 0 Å². The summed E-state index contributed by atoms with van der Waals surface area (Å²) in [5.41, 5.74) is 0.359. The van der Waals surface area contributed by atoms with Gasteiger partial charge >= 0.3 is 0 Å². The molecule has 0 amide bonds. The molecule has 1 aromatic carbocycles. The molecule has 1 N–H and O–H groups in total. The maximum Gasteiger partial charge on any atom is 0.272 e. The van der Waals surface area contributed by atoms with Crippen LogP contribution in [0.3, 0.4) is 0 Å². The van der Waals surface area contributed by atoms with E-state index < -0.39 is 5.60 Å². The lowest BCUT2D eigenvalue weighted by Gasteiger charge is -2.49. The van der Waals surface area contributed by atoms with Crippen molar-refractivity contribution in [1.82, 2.24) is 4.90 Å². The van der Waals surface area contributed by atoms with Crippen LogP contribution in [0.25, 0.3) is 0 Å². The Morgan fingerprint density at radius 3 is 2.63 bits per heavy atom. The predicted octanol–water partition coefficient (Wildman–Crippen LogP) is 1.84. The van der Waals surface area contributed by atoms with Gasteiger partial charge in [-0.15, -0.1) is 0 Å². The SMILES string of the molecule is CC(C)C1(O)CN(CCc2ccccc2[N+](=O)[O-])C1. The zero-order chi connectivity index (χ0) is 14.0. The molecule has 19 heavy (non-hydrogen) atoms. The fourth-order valence-corrected chi connectivity index (χ4v) is 2.43. The highest BCUT2D eigenvalue weighted by atomic mass is 16.6. The van der Waals surface area contributed by atoms with Crippen molar-refractivity contribution in [2.75, 3.05) is 19.6 Å². The monoisotopic (exact) mass is 264 g/mol. The summed E-state index contributed by atoms with van der Waals surface area (Å²) in [5, 5.41) is 21.0. The third-order valence-electron chi connectivity index (χ3n) is 3.96. The minimum Gasteiger partial charge on any atom is -0.387 e. The number of nitro groups is 1. The summed E-state index contributed by atoms with van der Waals surface area (Å²) in [5.74, 6) is 0.245. The van der Waals surface area contributed by atoms with E-state index in [0.717, 1.165) is 12.1 Å². The average molecular weight is 264 g/mol. The van der Waals surface area contributed by atoms with Crippen LogP contribution < -0.4 is 0 Å². The van der Waals surface area contributed by atoms with Crippen molar-refractivity contribution in [3.8, 4) is 0 Å². The highest BCUT2D eigenvalue weighted by Crippen LogP contribution is 2.29. The van der Waals surface area contributed by atoms with Crippen molar-refractivity contribution in [2.45, 2.75) is 25.9 Å². The molecule has 1 fully saturated rings. The Labute approximate surface area is 113 Å². The smallest absolute Gasteiger partial charge is 0.272 e. The largest absolute Gasteiger partial charge is 0.387 e. The molecule has 5 nitrogen and oxygen atoms in total. The number of hydrogen-bond acceptors (Lipinski definition) is 4. The Bertz CT molecular complexity index is 468. The molecule has 0 bridgehead atoms. The van der Waals surface area contributed by atoms with Gasteiger partial charge in [-0.2, -0.15) is 0 Å². The van der Waals surface area contributed by atoms with Gasteiger partial charge < -0.3 is 5.11 Å². The molecule has 0 saturated carbocycles. The fourth-order valence-electron chi connectivity index (χ4n) is 2.43. The molecule has 0 unspecified atom stereocenters. The highest BCUT2D eigenvalue weighted by molar-refractivity contribution is 5.39. The van der Waals surface area contributed by atoms with Gasteiger partial charge in [0.25, 0.3) is 5.69 Å². The molecule has 2 rings (SSSR count). The van der Waals surface area contributed by atoms with E-state index in [-0.39, 0.29) is 16.5 Å². The lowest BCUT2D eigenvalue weighted by atomic mass is 9.83. The van der Waals surface area contributed by atoms with Crippen LogP contribution in [-0.4, -0.2) is 40.2 Å². The average Bonchev–Trinajstić information content (AvgIpc) is 2.33. The van der Waals surface area contributed by atoms with E-state index in [1.54, 1.807) is 12.1 Å². The quantitative estimate of drug-likeness (QED) is 0.651. The first-order valence-electron chi connectivity index (χ1n) is 6.59. The Morgan fingerprint density at radius 1 is 1.42 bits per heavy atom. The zero-order valence-corrected chi connectivity index (χ0v) is 11.4. The molecule has 0 spiro atoms. The van der Waals surface area contributed by atoms with E-state index in [4.69, 9.17) is 0 Å². The van der Waals surface area contributed by atoms with Crippen LogP contribution in [0.15, 0.2) is 24.3 Å². The summed E-state index contributed by atoms with van der Waals surface area (Å²) in [6.07, 6.45) is 0.644. The second-order valence-corrected chi connectivity index (χ2v) is 5.60. The maximum absolute atomic E-state index is 10.9. The summed E-state index contributed by atoms with van der Waals surface area (Å²) in [4.78, 5) is 12.7. The minimum atomic E-state index is -0.581. The van der Waals surface area contributed by atoms with E-state index in [0.29, 0.717) is 19.5 Å². The molecular weight excluding hydrogens is 244 g/mol. The van der Waals surface area contributed by atoms with Crippen molar-refractivity contribution in [3.05, 3.63) is 39.9 Å². The van der Waals surface area contributed by atoms with E-state index in [9.17, 15) is 15.2 Å². The van der Waals surface area contributed by atoms with Gasteiger partial charge in [0.2, 0.25) is 0 Å². The summed E-state index contributed by atoms with van der Waals surface area (Å²) in [6.45, 7) is 6.09. The molecule has 5 heteroatoms.